The Morgan fingerprint density at radius 2 is 2.00 bits per heavy atom. The number of piperidine rings is 1. The first-order valence-electron chi connectivity index (χ1n) is 9.89. The van der Waals surface area contributed by atoms with Crippen molar-refractivity contribution in [3.8, 4) is 11.3 Å². The van der Waals surface area contributed by atoms with E-state index in [1.807, 2.05) is 44.7 Å². The Bertz CT molecular complexity index is 838. The Morgan fingerprint density at radius 1 is 1.29 bits per heavy atom. The molecule has 1 unspecified atom stereocenters. The monoisotopic (exact) mass is 383 g/mol. The van der Waals surface area contributed by atoms with E-state index in [1.165, 1.54) is 0 Å². The second-order valence-corrected chi connectivity index (χ2v) is 8.34. The van der Waals surface area contributed by atoms with Crippen molar-refractivity contribution in [3.63, 3.8) is 0 Å². The van der Waals surface area contributed by atoms with Crippen molar-refractivity contribution in [2.45, 2.75) is 47.0 Å². The van der Waals surface area contributed by atoms with Crippen molar-refractivity contribution in [3.05, 3.63) is 30.1 Å². The summed E-state index contributed by atoms with van der Waals surface area (Å²) in [5.41, 5.74) is 2.42. The highest BCUT2D eigenvalue weighted by Gasteiger charge is 2.33. The molecule has 150 valence electrons. The maximum atomic E-state index is 12.9. The Hall–Kier alpha value is -2.70. The molecule has 2 amide bonds. The number of pyridine rings is 1. The van der Waals surface area contributed by atoms with Gasteiger partial charge >= 0.3 is 0 Å². The van der Waals surface area contributed by atoms with Gasteiger partial charge in [-0.2, -0.15) is 5.10 Å². The first-order chi connectivity index (χ1) is 13.3. The SMILES string of the molecule is CCc1c(NC(=O)C2CCCN(C(=O)C(C)(C)C)C2)n[nH]c1-c1ccncc1. The number of aromatic nitrogens is 3. The summed E-state index contributed by atoms with van der Waals surface area (Å²) in [5, 5.41) is 10.4. The molecule has 0 radical (unpaired) electrons. The molecular weight excluding hydrogens is 354 g/mol. The summed E-state index contributed by atoms with van der Waals surface area (Å²) in [6.07, 6.45) is 5.82. The second-order valence-electron chi connectivity index (χ2n) is 8.34. The van der Waals surface area contributed by atoms with Gasteiger partial charge < -0.3 is 10.2 Å². The van der Waals surface area contributed by atoms with Crippen LogP contribution in [0.25, 0.3) is 11.3 Å². The molecule has 0 aliphatic carbocycles. The fraction of sp³-hybridized carbons (Fsp3) is 0.524. The number of carbonyl (C=O) groups excluding carboxylic acids is 2. The van der Waals surface area contributed by atoms with Gasteiger partial charge in [0.05, 0.1) is 11.6 Å². The number of rotatable bonds is 4. The van der Waals surface area contributed by atoms with Crippen LogP contribution in [0.3, 0.4) is 0 Å². The van der Waals surface area contributed by atoms with Gasteiger partial charge in [-0.05, 0) is 31.4 Å². The van der Waals surface area contributed by atoms with Crippen LogP contribution in [-0.4, -0.2) is 45.0 Å². The first-order valence-corrected chi connectivity index (χ1v) is 9.89. The molecule has 1 aliphatic heterocycles. The molecule has 7 heteroatoms. The minimum atomic E-state index is -0.435. The number of hydrogen-bond donors (Lipinski definition) is 2. The van der Waals surface area contributed by atoms with Crippen LogP contribution in [-0.2, 0) is 16.0 Å². The fourth-order valence-corrected chi connectivity index (χ4v) is 3.64. The van der Waals surface area contributed by atoms with Crippen LogP contribution in [0.5, 0.6) is 0 Å². The molecule has 1 atom stereocenters. The van der Waals surface area contributed by atoms with Gasteiger partial charge in [0, 0.05) is 42.0 Å². The van der Waals surface area contributed by atoms with Crippen molar-refractivity contribution < 1.29 is 9.59 Å². The summed E-state index contributed by atoms with van der Waals surface area (Å²) < 4.78 is 0. The lowest BCUT2D eigenvalue weighted by Gasteiger charge is -2.35. The maximum Gasteiger partial charge on any atom is 0.230 e. The molecule has 1 aliphatic rings. The molecule has 3 rings (SSSR count). The zero-order chi connectivity index (χ0) is 20.3. The summed E-state index contributed by atoms with van der Waals surface area (Å²) in [7, 11) is 0. The van der Waals surface area contributed by atoms with Crippen molar-refractivity contribution in [1.29, 1.82) is 0 Å². The van der Waals surface area contributed by atoms with Crippen molar-refractivity contribution in [2.24, 2.45) is 11.3 Å². The van der Waals surface area contributed by atoms with E-state index < -0.39 is 5.41 Å². The number of nitrogens with zero attached hydrogens (tertiary/aromatic N) is 3. The lowest BCUT2D eigenvalue weighted by molar-refractivity contribution is -0.142. The highest BCUT2D eigenvalue weighted by molar-refractivity contribution is 5.94. The number of H-pyrrole nitrogens is 1. The zero-order valence-corrected chi connectivity index (χ0v) is 17.1. The third-order valence-electron chi connectivity index (χ3n) is 5.15. The van der Waals surface area contributed by atoms with Crippen LogP contribution in [0.2, 0.25) is 0 Å². The van der Waals surface area contributed by atoms with Crippen LogP contribution in [0, 0.1) is 11.3 Å². The van der Waals surface area contributed by atoms with E-state index in [-0.39, 0.29) is 17.7 Å². The quantitative estimate of drug-likeness (QED) is 0.848. The molecular formula is C21H29N5O2. The van der Waals surface area contributed by atoms with Crippen LogP contribution in [0.1, 0.15) is 46.1 Å². The average molecular weight is 383 g/mol. The van der Waals surface area contributed by atoms with Gasteiger partial charge in [-0.15, -0.1) is 0 Å². The summed E-state index contributed by atoms with van der Waals surface area (Å²) in [6.45, 7) is 8.96. The molecule has 0 saturated carbocycles. The highest BCUT2D eigenvalue weighted by Crippen LogP contribution is 2.28. The van der Waals surface area contributed by atoms with E-state index in [0.717, 1.165) is 36.1 Å². The molecule has 1 saturated heterocycles. The number of likely N-dealkylation sites (tertiary alicyclic amines) is 1. The average Bonchev–Trinajstić information content (AvgIpc) is 3.10. The third-order valence-corrected chi connectivity index (χ3v) is 5.15. The number of carbonyl (C=O) groups is 2. The summed E-state index contributed by atoms with van der Waals surface area (Å²) >= 11 is 0. The van der Waals surface area contributed by atoms with Gasteiger partial charge in [0.1, 0.15) is 0 Å². The molecule has 2 aromatic heterocycles. The minimum Gasteiger partial charge on any atom is -0.341 e. The van der Waals surface area contributed by atoms with E-state index in [2.05, 4.69) is 20.5 Å². The minimum absolute atomic E-state index is 0.0751. The highest BCUT2D eigenvalue weighted by atomic mass is 16.2. The zero-order valence-electron chi connectivity index (χ0n) is 17.1. The normalized spacial score (nSPS) is 17.4. The Labute approximate surface area is 165 Å². The predicted octanol–water partition coefficient (Wildman–Crippen LogP) is 3.26. The summed E-state index contributed by atoms with van der Waals surface area (Å²) in [5.74, 6) is 0.372. The first kappa shape index (κ1) is 20.0. The van der Waals surface area contributed by atoms with E-state index in [4.69, 9.17) is 0 Å². The smallest absolute Gasteiger partial charge is 0.230 e. The largest absolute Gasteiger partial charge is 0.341 e. The van der Waals surface area contributed by atoms with Crippen LogP contribution in [0.15, 0.2) is 24.5 Å². The lowest BCUT2D eigenvalue weighted by Crippen LogP contribution is -2.47. The van der Waals surface area contributed by atoms with Crippen molar-refractivity contribution in [2.75, 3.05) is 18.4 Å². The third kappa shape index (κ3) is 4.24. The van der Waals surface area contributed by atoms with Crippen LogP contribution < -0.4 is 5.32 Å². The maximum absolute atomic E-state index is 12.9. The van der Waals surface area contributed by atoms with Crippen LogP contribution >= 0.6 is 0 Å². The molecule has 7 nitrogen and oxygen atoms in total. The van der Waals surface area contributed by atoms with Gasteiger partial charge in [-0.1, -0.05) is 27.7 Å². The van der Waals surface area contributed by atoms with E-state index >= 15 is 0 Å². The molecule has 1 fully saturated rings. The number of anilines is 1. The Kier molecular flexibility index (Phi) is 5.82. The summed E-state index contributed by atoms with van der Waals surface area (Å²) in [6, 6.07) is 3.82. The number of hydrogen-bond acceptors (Lipinski definition) is 4. The second kappa shape index (κ2) is 8.12. The Balaban J connectivity index is 1.73. The molecule has 28 heavy (non-hydrogen) atoms. The van der Waals surface area contributed by atoms with Crippen LogP contribution in [0.4, 0.5) is 5.82 Å². The van der Waals surface area contributed by atoms with Gasteiger partial charge in [0.15, 0.2) is 5.82 Å². The van der Waals surface area contributed by atoms with Gasteiger partial charge in [0.25, 0.3) is 0 Å². The topological polar surface area (TPSA) is 91.0 Å². The molecule has 2 N–H and O–H groups in total. The standard InChI is InChI=1S/C21H29N5O2/c1-5-16-17(14-8-10-22-11-9-14)24-25-18(16)23-19(27)15-7-6-12-26(13-15)20(28)21(2,3)4/h8-11,15H,5-7,12-13H2,1-4H3,(H2,23,24,25,27). The summed E-state index contributed by atoms with van der Waals surface area (Å²) in [4.78, 5) is 31.3. The predicted molar refractivity (Wildman–Crippen MR) is 109 cm³/mol. The molecule has 0 aromatic carbocycles. The molecule has 0 spiro atoms. The molecule has 0 bridgehead atoms. The van der Waals surface area contributed by atoms with E-state index in [0.29, 0.717) is 18.9 Å². The van der Waals surface area contributed by atoms with E-state index in [1.54, 1.807) is 12.4 Å². The fourth-order valence-electron chi connectivity index (χ4n) is 3.64. The molecule has 3 heterocycles. The van der Waals surface area contributed by atoms with Crippen molar-refractivity contribution >= 4 is 17.6 Å². The van der Waals surface area contributed by atoms with E-state index in [9.17, 15) is 9.59 Å². The Morgan fingerprint density at radius 3 is 2.64 bits per heavy atom. The number of nitrogens with one attached hydrogen (secondary N) is 2. The lowest BCUT2D eigenvalue weighted by atomic mass is 9.91. The van der Waals surface area contributed by atoms with Gasteiger partial charge in [0.2, 0.25) is 11.8 Å². The number of amides is 2. The van der Waals surface area contributed by atoms with Crippen molar-refractivity contribution in [1.82, 2.24) is 20.1 Å². The number of aromatic amines is 1. The molecule has 2 aromatic rings. The van der Waals surface area contributed by atoms with Gasteiger partial charge in [-0.25, -0.2) is 0 Å². The van der Waals surface area contributed by atoms with Gasteiger partial charge in [-0.3, -0.25) is 19.7 Å².